The molecule has 3 aliphatic carbocycles. The van der Waals surface area contributed by atoms with Crippen molar-refractivity contribution in [2.24, 2.45) is 11.3 Å². The summed E-state index contributed by atoms with van der Waals surface area (Å²) in [5, 5.41) is 0. The summed E-state index contributed by atoms with van der Waals surface area (Å²) in [7, 11) is 2.05. The fraction of sp³-hybridized carbons (Fsp3) is 0.941. The molecule has 1 spiro atoms. The Kier molecular flexibility index (Phi) is 4.07. The average Bonchev–Trinajstić information content (AvgIpc) is 2.41. The van der Waals surface area contributed by atoms with Gasteiger partial charge in [0.05, 0.1) is 6.10 Å². The number of carbonyl (C=O) groups excluding carboxylic acids is 1. The van der Waals surface area contributed by atoms with Crippen LogP contribution in [-0.4, -0.2) is 36.6 Å². The maximum atomic E-state index is 12.5. The first-order valence-electron chi connectivity index (χ1n) is 8.57. The molecule has 0 aliphatic heterocycles. The van der Waals surface area contributed by atoms with Crippen molar-refractivity contribution >= 4 is 5.91 Å². The number of hydrogen-bond acceptors (Lipinski definition) is 2. The Morgan fingerprint density at radius 3 is 2.45 bits per heavy atom. The monoisotopic (exact) mass is 279 g/mol. The van der Waals surface area contributed by atoms with Crippen LogP contribution in [0.15, 0.2) is 0 Å². The molecule has 3 saturated carbocycles. The SMILES string of the molecule is CCOC1CC(N(C)C(=O)C2CCC2)C12CCCCC2. The predicted octanol–water partition coefficient (Wildman–Crippen LogP) is 3.37. The molecule has 0 saturated heterocycles. The first-order chi connectivity index (χ1) is 9.69. The number of rotatable bonds is 4. The van der Waals surface area contributed by atoms with Crippen molar-refractivity contribution < 1.29 is 9.53 Å². The van der Waals surface area contributed by atoms with Gasteiger partial charge in [0.2, 0.25) is 5.91 Å². The molecule has 20 heavy (non-hydrogen) atoms. The van der Waals surface area contributed by atoms with E-state index in [1.165, 1.54) is 38.5 Å². The highest BCUT2D eigenvalue weighted by Gasteiger charge is 2.58. The first kappa shape index (κ1) is 14.4. The predicted molar refractivity (Wildman–Crippen MR) is 79.4 cm³/mol. The molecular weight excluding hydrogens is 250 g/mol. The maximum Gasteiger partial charge on any atom is 0.225 e. The third kappa shape index (κ3) is 2.18. The molecule has 3 heteroatoms. The van der Waals surface area contributed by atoms with Gasteiger partial charge in [0, 0.05) is 31.0 Å². The zero-order valence-electron chi connectivity index (χ0n) is 13.1. The smallest absolute Gasteiger partial charge is 0.225 e. The molecule has 0 N–H and O–H groups in total. The van der Waals surface area contributed by atoms with Crippen molar-refractivity contribution in [3.05, 3.63) is 0 Å². The zero-order chi connectivity index (χ0) is 14.2. The molecule has 0 aromatic rings. The minimum Gasteiger partial charge on any atom is -0.378 e. The van der Waals surface area contributed by atoms with Crippen LogP contribution < -0.4 is 0 Å². The number of amides is 1. The largest absolute Gasteiger partial charge is 0.378 e. The number of carbonyl (C=O) groups is 1. The van der Waals surface area contributed by atoms with Gasteiger partial charge in [-0.25, -0.2) is 0 Å². The van der Waals surface area contributed by atoms with E-state index in [-0.39, 0.29) is 5.41 Å². The molecule has 3 fully saturated rings. The van der Waals surface area contributed by atoms with Crippen molar-refractivity contribution in [3.8, 4) is 0 Å². The highest BCUT2D eigenvalue weighted by molar-refractivity contribution is 5.80. The summed E-state index contributed by atoms with van der Waals surface area (Å²) < 4.78 is 5.99. The van der Waals surface area contributed by atoms with Crippen LogP contribution in [0.4, 0.5) is 0 Å². The summed E-state index contributed by atoms with van der Waals surface area (Å²) in [6.45, 7) is 2.90. The van der Waals surface area contributed by atoms with Gasteiger partial charge >= 0.3 is 0 Å². The van der Waals surface area contributed by atoms with Crippen molar-refractivity contribution in [1.82, 2.24) is 4.90 Å². The van der Waals surface area contributed by atoms with Gasteiger partial charge in [-0.15, -0.1) is 0 Å². The lowest BCUT2D eigenvalue weighted by Gasteiger charge is -2.60. The lowest BCUT2D eigenvalue weighted by Crippen LogP contribution is -2.66. The molecular formula is C17H29NO2. The van der Waals surface area contributed by atoms with E-state index < -0.39 is 0 Å². The maximum absolute atomic E-state index is 12.5. The van der Waals surface area contributed by atoms with Gasteiger partial charge in [-0.05, 0) is 39.0 Å². The second-order valence-electron chi connectivity index (χ2n) is 7.07. The first-order valence-corrected chi connectivity index (χ1v) is 8.57. The van der Waals surface area contributed by atoms with Gasteiger partial charge < -0.3 is 9.64 Å². The zero-order valence-corrected chi connectivity index (χ0v) is 13.1. The fourth-order valence-electron chi connectivity index (χ4n) is 4.67. The number of ether oxygens (including phenoxy) is 1. The quantitative estimate of drug-likeness (QED) is 0.789. The summed E-state index contributed by atoms with van der Waals surface area (Å²) in [5.74, 6) is 0.730. The Hall–Kier alpha value is -0.570. The molecule has 3 rings (SSSR count). The summed E-state index contributed by atoms with van der Waals surface area (Å²) in [6, 6.07) is 0.437. The Morgan fingerprint density at radius 2 is 1.90 bits per heavy atom. The van der Waals surface area contributed by atoms with E-state index in [9.17, 15) is 4.79 Å². The lowest BCUT2D eigenvalue weighted by atomic mass is 9.54. The summed E-state index contributed by atoms with van der Waals surface area (Å²) in [5.41, 5.74) is 0.280. The average molecular weight is 279 g/mol. The van der Waals surface area contributed by atoms with E-state index in [1.807, 2.05) is 7.05 Å². The Labute approximate surface area is 123 Å². The third-order valence-corrected chi connectivity index (χ3v) is 6.16. The van der Waals surface area contributed by atoms with Gasteiger partial charge in [0.1, 0.15) is 0 Å². The molecule has 114 valence electrons. The second-order valence-corrected chi connectivity index (χ2v) is 7.07. The molecule has 0 bridgehead atoms. The lowest BCUT2D eigenvalue weighted by molar-refractivity contribution is -0.188. The molecule has 1 amide bonds. The molecule has 0 radical (unpaired) electrons. The van der Waals surface area contributed by atoms with Crippen molar-refractivity contribution in [2.75, 3.05) is 13.7 Å². The number of hydrogen-bond donors (Lipinski definition) is 0. The summed E-state index contributed by atoms with van der Waals surface area (Å²) in [4.78, 5) is 14.6. The van der Waals surface area contributed by atoms with E-state index in [4.69, 9.17) is 4.74 Å². The van der Waals surface area contributed by atoms with Gasteiger partial charge in [0.15, 0.2) is 0 Å². The van der Waals surface area contributed by atoms with Crippen molar-refractivity contribution in [2.45, 2.75) is 76.9 Å². The van der Waals surface area contributed by atoms with Crippen molar-refractivity contribution in [3.63, 3.8) is 0 Å². The third-order valence-electron chi connectivity index (χ3n) is 6.16. The van der Waals surface area contributed by atoms with Crippen LogP contribution in [0.3, 0.4) is 0 Å². The highest BCUT2D eigenvalue weighted by Crippen LogP contribution is 2.55. The molecule has 0 aromatic heterocycles. The van der Waals surface area contributed by atoms with Crippen LogP contribution in [0.5, 0.6) is 0 Å². The van der Waals surface area contributed by atoms with Crippen LogP contribution in [0.1, 0.15) is 64.7 Å². The van der Waals surface area contributed by atoms with Crippen LogP contribution in [0.2, 0.25) is 0 Å². The molecule has 2 atom stereocenters. The van der Waals surface area contributed by atoms with Crippen LogP contribution >= 0.6 is 0 Å². The van der Waals surface area contributed by atoms with E-state index in [2.05, 4.69) is 11.8 Å². The highest BCUT2D eigenvalue weighted by atomic mass is 16.5. The Bertz CT molecular complexity index is 358. The minimum atomic E-state index is 0.280. The summed E-state index contributed by atoms with van der Waals surface area (Å²) in [6.07, 6.45) is 11.4. The van der Waals surface area contributed by atoms with Crippen LogP contribution in [0, 0.1) is 11.3 Å². The summed E-state index contributed by atoms with van der Waals surface area (Å²) >= 11 is 0. The van der Waals surface area contributed by atoms with Gasteiger partial charge in [-0.1, -0.05) is 25.7 Å². The molecule has 0 heterocycles. The Balaban J connectivity index is 1.70. The second kappa shape index (κ2) is 5.67. The number of nitrogens with zero attached hydrogens (tertiary/aromatic N) is 1. The topological polar surface area (TPSA) is 29.5 Å². The minimum absolute atomic E-state index is 0.280. The van der Waals surface area contributed by atoms with E-state index >= 15 is 0 Å². The van der Waals surface area contributed by atoms with E-state index in [1.54, 1.807) is 0 Å². The molecule has 3 nitrogen and oxygen atoms in total. The van der Waals surface area contributed by atoms with E-state index in [0.29, 0.717) is 24.0 Å². The van der Waals surface area contributed by atoms with Gasteiger partial charge in [-0.3, -0.25) is 4.79 Å². The van der Waals surface area contributed by atoms with Crippen LogP contribution in [-0.2, 0) is 9.53 Å². The Morgan fingerprint density at radius 1 is 1.20 bits per heavy atom. The molecule has 0 aromatic carbocycles. The van der Waals surface area contributed by atoms with Gasteiger partial charge in [-0.2, -0.15) is 0 Å². The van der Waals surface area contributed by atoms with E-state index in [0.717, 1.165) is 25.9 Å². The van der Waals surface area contributed by atoms with Crippen molar-refractivity contribution in [1.29, 1.82) is 0 Å². The fourth-order valence-corrected chi connectivity index (χ4v) is 4.67. The molecule has 3 aliphatic rings. The standard InChI is InChI=1S/C17H29NO2/c1-3-20-15-12-14(17(15)10-5-4-6-11-17)18(2)16(19)13-8-7-9-13/h13-15H,3-12H2,1-2H3. The molecule has 2 unspecified atom stereocenters. The normalized spacial score (nSPS) is 32.5. The van der Waals surface area contributed by atoms with Crippen LogP contribution in [0.25, 0.3) is 0 Å². The van der Waals surface area contributed by atoms with Gasteiger partial charge in [0.25, 0.3) is 0 Å².